The molecule has 1 unspecified atom stereocenters. The molecule has 0 saturated heterocycles. The van der Waals surface area contributed by atoms with E-state index in [9.17, 15) is 13.2 Å². The molecule has 0 bridgehead atoms. The number of aryl methyl sites for hydroxylation is 1. The number of amides is 1. The van der Waals surface area contributed by atoms with Crippen LogP contribution in [0.2, 0.25) is 0 Å². The van der Waals surface area contributed by atoms with Crippen LogP contribution in [-0.4, -0.2) is 32.3 Å². The number of hydrogen-bond donors (Lipinski definition) is 1. The van der Waals surface area contributed by atoms with Gasteiger partial charge in [-0.3, -0.25) is 9.52 Å². The van der Waals surface area contributed by atoms with Crippen LogP contribution in [0.4, 0.5) is 5.69 Å². The Kier molecular flexibility index (Phi) is 7.50. The van der Waals surface area contributed by atoms with Crippen LogP contribution in [-0.2, 0) is 15.4 Å². The van der Waals surface area contributed by atoms with E-state index >= 15 is 0 Å². The van der Waals surface area contributed by atoms with Crippen LogP contribution in [0, 0.1) is 24.2 Å². The molecule has 0 saturated carbocycles. The summed E-state index contributed by atoms with van der Waals surface area (Å²) in [4.78, 5) is 14.7. The first-order valence-corrected chi connectivity index (χ1v) is 11.8. The molecule has 31 heavy (non-hydrogen) atoms. The summed E-state index contributed by atoms with van der Waals surface area (Å²) in [6, 6.07) is 14.0. The molecule has 1 amide bonds. The van der Waals surface area contributed by atoms with Gasteiger partial charge in [-0.1, -0.05) is 39.0 Å². The molecule has 2 rings (SSSR count). The average molecular weight is 442 g/mol. The smallest absolute Gasteiger partial charge is 0.262 e. The monoisotopic (exact) mass is 441 g/mol. The summed E-state index contributed by atoms with van der Waals surface area (Å²) < 4.78 is 28.8. The minimum atomic E-state index is -3.84. The number of carbonyl (C=O) groups is 1. The van der Waals surface area contributed by atoms with Crippen molar-refractivity contribution in [2.45, 2.75) is 51.9 Å². The van der Waals surface area contributed by atoms with Crippen LogP contribution in [0.1, 0.15) is 56.1 Å². The number of nitriles is 1. The average Bonchev–Trinajstić information content (AvgIpc) is 2.70. The lowest BCUT2D eigenvalue weighted by Crippen LogP contribution is -2.34. The summed E-state index contributed by atoms with van der Waals surface area (Å²) in [6.45, 7) is 12.2. The molecule has 6 nitrogen and oxygen atoms in total. The number of rotatable bonds is 7. The van der Waals surface area contributed by atoms with Crippen LogP contribution in [0.15, 0.2) is 47.4 Å². The molecule has 0 radical (unpaired) electrons. The van der Waals surface area contributed by atoms with E-state index in [-0.39, 0.29) is 22.1 Å². The molecule has 2 aromatic carbocycles. The Morgan fingerprint density at radius 3 is 2.45 bits per heavy atom. The highest BCUT2D eigenvalue weighted by molar-refractivity contribution is 7.92. The zero-order valence-corrected chi connectivity index (χ0v) is 19.9. The standard InChI is InChI=1S/C24H31N3O3S/c1-7-27(16-17(2)15-25)23(28)19-9-8-10-21(13-19)26-31(29,30)22-14-20(24(4,5)6)12-11-18(22)3/h8-14,17,26H,7,16H2,1-6H3. The lowest BCUT2D eigenvalue weighted by Gasteiger charge is -2.22. The van der Waals surface area contributed by atoms with E-state index in [1.165, 1.54) is 6.07 Å². The molecule has 0 aliphatic carbocycles. The zero-order valence-electron chi connectivity index (χ0n) is 19.1. The summed E-state index contributed by atoms with van der Waals surface area (Å²) in [5.41, 5.74) is 2.07. The summed E-state index contributed by atoms with van der Waals surface area (Å²) in [5, 5.41) is 9.04. The van der Waals surface area contributed by atoms with Crippen molar-refractivity contribution >= 4 is 21.6 Å². The van der Waals surface area contributed by atoms with Crippen LogP contribution >= 0.6 is 0 Å². The number of sulfonamides is 1. The summed E-state index contributed by atoms with van der Waals surface area (Å²) in [5.74, 6) is -0.528. The van der Waals surface area contributed by atoms with Gasteiger partial charge in [0.15, 0.2) is 0 Å². The van der Waals surface area contributed by atoms with Gasteiger partial charge in [0, 0.05) is 24.3 Å². The lowest BCUT2D eigenvalue weighted by atomic mass is 9.87. The molecule has 2 aromatic rings. The third kappa shape index (κ3) is 6.08. The highest BCUT2D eigenvalue weighted by Crippen LogP contribution is 2.28. The third-order valence-electron chi connectivity index (χ3n) is 5.09. The molecule has 0 aliphatic heterocycles. The van der Waals surface area contributed by atoms with Gasteiger partial charge >= 0.3 is 0 Å². The summed E-state index contributed by atoms with van der Waals surface area (Å²) in [7, 11) is -3.84. The number of nitrogens with zero attached hydrogens (tertiary/aromatic N) is 2. The van der Waals surface area contributed by atoms with Crippen LogP contribution in [0.3, 0.4) is 0 Å². The Morgan fingerprint density at radius 2 is 1.87 bits per heavy atom. The van der Waals surface area contributed by atoms with Gasteiger partial charge in [-0.25, -0.2) is 8.42 Å². The number of nitrogens with one attached hydrogen (secondary N) is 1. The molecule has 0 fully saturated rings. The molecular weight excluding hydrogens is 410 g/mol. The van der Waals surface area contributed by atoms with Gasteiger partial charge in [0.2, 0.25) is 0 Å². The summed E-state index contributed by atoms with van der Waals surface area (Å²) >= 11 is 0. The first-order valence-electron chi connectivity index (χ1n) is 10.3. The van der Waals surface area contributed by atoms with E-state index < -0.39 is 10.0 Å². The van der Waals surface area contributed by atoms with Gasteiger partial charge in [0.1, 0.15) is 0 Å². The van der Waals surface area contributed by atoms with E-state index in [0.29, 0.717) is 29.9 Å². The van der Waals surface area contributed by atoms with Crippen molar-refractivity contribution in [3.63, 3.8) is 0 Å². The molecular formula is C24H31N3O3S. The Balaban J connectivity index is 2.34. The Bertz CT molecular complexity index is 1100. The maximum Gasteiger partial charge on any atom is 0.262 e. The normalized spacial score (nSPS) is 12.7. The highest BCUT2D eigenvalue weighted by Gasteiger charge is 2.22. The maximum atomic E-state index is 13.1. The fraction of sp³-hybridized carbons (Fsp3) is 0.417. The topological polar surface area (TPSA) is 90.3 Å². The van der Waals surface area contributed by atoms with E-state index in [0.717, 1.165) is 5.56 Å². The van der Waals surface area contributed by atoms with Crippen molar-refractivity contribution < 1.29 is 13.2 Å². The quantitative estimate of drug-likeness (QED) is 0.673. The van der Waals surface area contributed by atoms with Crippen LogP contribution in [0.5, 0.6) is 0 Å². The lowest BCUT2D eigenvalue weighted by molar-refractivity contribution is 0.0752. The molecule has 0 spiro atoms. The second-order valence-corrected chi connectivity index (χ2v) is 10.4. The van der Waals surface area contributed by atoms with Crippen molar-refractivity contribution in [2.75, 3.05) is 17.8 Å². The number of anilines is 1. The first kappa shape index (κ1) is 24.4. The molecule has 0 aliphatic rings. The van der Waals surface area contributed by atoms with Gasteiger partial charge in [-0.15, -0.1) is 0 Å². The van der Waals surface area contributed by atoms with E-state index in [1.807, 2.05) is 39.8 Å². The SMILES string of the molecule is CCN(CC(C)C#N)C(=O)c1cccc(NS(=O)(=O)c2cc(C(C)(C)C)ccc2C)c1. The van der Waals surface area contributed by atoms with E-state index in [4.69, 9.17) is 5.26 Å². The largest absolute Gasteiger partial charge is 0.338 e. The van der Waals surface area contributed by atoms with Crippen molar-refractivity contribution in [3.05, 3.63) is 59.2 Å². The second kappa shape index (κ2) is 9.52. The van der Waals surface area contributed by atoms with Crippen molar-refractivity contribution in [3.8, 4) is 6.07 Å². The summed E-state index contributed by atoms with van der Waals surface area (Å²) in [6.07, 6.45) is 0. The zero-order chi connectivity index (χ0) is 23.4. The first-order chi connectivity index (χ1) is 14.4. The predicted molar refractivity (Wildman–Crippen MR) is 123 cm³/mol. The minimum Gasteiger partial charge on any atom is -0.338 e. The van der Waals surface area contributed by atoms with Gasteiger partial charge in [-0.2, -0.15) is 5.26 Å². The van der Waals surface area contributed by atoms with Gasteiger partial charge in [-0.05, 0) is 61.6 Å². The predicted octanol–water partition coefficient (Wildman–Crippen LogP) is 4.72. The number of benzene rings is 2. The maximum absolute atomic E-state index is 13.1. The molecule has 1 N–H and O–H groups in total. The molecule has 166 valence electrons. The fourth-order valence-electron chi connectivity index (χ4n) is 3.19. The number of hydrogen-bond acceptors (Lipinski definition) is 4. The fourth-order valence-corrected chi connectivity index (χ4v) is 4.51. The number of carbonyl (C=O) groups excluding carboxylic acids is 1. The Morgan fingerprint density at radius 1 is 1.19 bits per heavy atom. The Labute approximate surface area is 185 Å². The minimum absolute atomic E-state index is 0.186. The van der Waals surface area contributed by atoms with E-state index in [2.05, 4.69) is 10.8 Å². The van der Waals surface area contributed by atoms with Crippen molar-refractivity contribution in [1.82, 2.24) is 4.90 Å². The third-order valence-corrected chi connectivity index (χ3v) is 6.61. The van der Waals surface area contributed by atoms with Gasteiger partial charge < -0.3 is 4.90 Å². The van der Waals surface area contributed by atoms with Crippen molar-refractivity contribution in [2.24, 2.45) is 5.92 Å². The Hall–Kier alpha value is -2.85. The second-order valence-electron chi connectivity index (χ2n) is 8.79. The highest BCUT2D eigenvalue weighted by atomic mass is 32.2. The molecule has 7 heteroatoms. The molecule has 0 heterocycles. The van der Waals surface area contributed by atoms with Crippen molar-refractivity contribution in [1.29, 1.82) is 5.26 Å². The molecule has 0 aromatic heterocycles. The van der Waals surface area contributed by atoms with Gasteiger partial charge in [0.05, 0.1) is 16.9 Å². The van der Waals surface area contributed by atoms with Gasteiger partial charge in [0.25, 0.3) is 15.9 Å². The van der Waals surface area contributed by atoms with E-state index in [1.54, 1.807) is 43.0 Å². The molecule has 1 atom stereocenters. The van der Waals surface area contributed by atoms with Crippen LogP contribution in [0.25, 0.3) is 0 Å². The van der Waals surface area contributed by atoms with Crippen LogP contribution < -0.4 is 4.72 Å².